The molecular formula is C15H10ClN2O2+. The summed E-state index contributed by atoms with van der Waals surface area (Å²) < 4.78 is 1.12. The van der Waals surface area contributed by atoms with Gasteiger partial charge in [0.15, 0.2) is 0 Å². The van der Waals surface area contributed by atoms with Gasteiger partial charge in [0.2, 0.25) is 5.69 Å². The number of carbonyl (C=O) groups excluding carboxylic acids is 2. The fourth-order valence-electron chi connectivity index (χ4n) is 2.15. The first-order chi connectivity index (χ1) is 9.59. The van der Waals surface area contributed by atoms with E-state index < -0.39 is 5.91 Å². The first-order valence-corrected chi connectivity index (χ1v) is 6.42. The Morgan fingerprint density at radius 1 is 1.00 bits per heavy atom. The molecule has 0 aromatic heterocycles. The van der Waals surface area contributed by atoms with Crippen molar-refractivity contribution in [3.05, 3.63) is 64.2 Å². The molecule has 98 valence electrons. The number of azo groups is 2. The summed E-state index contributed by atoms with van der Waals surface area (Å²) in [5.74, 6) is -0.759. The van der Waals surface area contributed by atoms with Gasteiger partial charge in [0.1, 0.15) is 5.56 Å². The van der Waals surface area contributed by atoms with Gasteiger partial charge in [0.25, 0.3) is 0 Å². The third-order valence-electron chi connectivity index (χ3n) is 3.24. The van der Waals surface area contributed by atoms with Gasteiger partial charge in [-0.2, -0.15) is 0 Å². The van der Waals surface area contributed by atoms with Gasteiger partial charge in [-0.25, -0.2) is 4.79 Å². The lowest BCUT2D eigenvalue weighted by atomic mass is 10.0. The highest BCUT2D eigenvalue weighted by atomic mass is 35.5. The molecule has 0 bridgehead atoms. The molecule has 20 heavy (non-hydrogen) atoms. The summed E-state index contributed by atoms with van der Waals surface area (Å²) in [6, 6.07) is 11.8. The fourth-order valence-corrected chi connectivity index (χ4v) is 2.32. The summed E-state index contributed by atoms with van der Waals surface area (Å²) in [5, 5.41) is 4.39. The van der Waals surface area contributed by atoms with Crippen LogP contribution in [0.1, 0.15) is 26.3 Å². The summed E-state index contributed by atoms with van der Waals surface area (Å²) in [6.45, 7) is 1.78. The van der Waals surface area contributed by atoms with Gasteiger partial charge in [0.05, 0.1) is 15.7 Å². The molecule has 2 aromatic carbocycles. The molecule has 3 rings (SSSR count). The van der Waals surface area contributed by atoms with Crippen molar-refractivity contribution >= 4 is 29.1 Å². The van der Waals surface area contributed by atoms with Crippen molar-refractivity contribution in [3.63, 3.8) is 0 Å². The summed E-state index contributed by atoms with van der Waals surface area (Å²) >= 11 is 6.05. The molecule has 0 atom stereocenters. The van der Waals surface area contributed by atoms with E-state index in [2.05, 4.69) is 5.11 Å². The number of nitrogens with zero attached hydrogens (tertiary/aromatic N) is 2. The van der Waals surface area contributed by atoms with E-state index in [-0.39, 0.29) is 5.91 Å². The number of amides is 2. The predicted octanol–water partition coefficient (Wildman–Crippen LogP) is 3.74. The summed E-state index contributed by atoms with van der Waals surface area (Å²) in [6.07, 6.45) is 0. The number of rotatable bonds is 1. The molecule has 0 saturated carbocycles. The van der Waals surface area contributed by atoms with Crippen LogP contribution >= 0.6 is 11.6 Å². The van der Waals surface area contributed by atoms with E-state index in [1.54, 1.807) is 49.4 Å². The van der Waals surface area contributed by atoms with Gasteiger partial charge < -0.3 is 0 Å². The van der Waals surface area contributed by atoms with Crippen LogP contribution in [0.3, 0.4) is 0 Å². The van der Waals surface area contributed by atoms with Crippen molar-refractivity contribution in [2.45, 2.75) is 6.92 Å². The second-order valence-electron chi connectivity index (χ2n) is 4.45. The van der Waals surface area contributed by atoms with Crippen LogP contribution in [0.2, 0.25) is 5.02 Å². The van der Waals surface area contributed by atoms with Gasteiger partial charge in [0, 0.05) is 11.6 Å². The molecule has 0 saturated heterocycles. The Balaban J connectivity index is 2.20. The number of hydrogen-bond acceptors (Lipinski definition) is 2. The Morgan fingerprint density at radius 2 is 1.70 bits per heavy atom. The average Bonchev–Trinajstić information content (AvgIpc) is 2.46. The van der Waals surface area contributed by atoms with E-state index in [4.69, 9.17) is 11.6 Å². The van der Waals surface area contributed by atoms with Crippen LogP contribution < -0.4 is 0 Å². The van der Waals surface area contributed by atoms with Crippen LogP contribution in [-0.2, 0) is 0 Å². The molecule has 2 amide bonds. The van der Waals surface area contributed by atoms with Crippen molar-refractivity contribution in [2.75, 3.05) is 0 Å². The van der Waals surface area contributed by atoms with Crippen LogP contribution in [0, 0.1) is 6.92 Å². The zero-order chi connectivity index (χ0) is 14.3. The van der Waals surface area contributed by atoms with Gasteiger partial charge in [-0.05, 0) is 29.8 Å². The standard InChI is InChI=1S/C15H10ClN2O2/c1-9-12(16)7-4-8-13(9)18-15(20)11-6-3-2-5-10(11)14(19)17-18/h2-8H,1H3/q+1. The monoisotopic (exact) mass is 285 g/mol. The van der Waals surface area contributed by atoms with Crippen LogP contribution in [0.5, 0.6) is 0 Å². The molecular weight excluding hydrogens is 276 g/mol. The summed E-state index contributed by atoms with van der Waals surface area (Å²) in [4.78, 5) is 24.5. The molecule has 0 fully saturated rings. The first-order valence-electron chi connectivity index (χ1n) is 6.04. The van der Waals surface area contributed by atoms with Crippen LogP contribution in [0.15, 0.2) is 47.6 Å². The minimum absolute atomic E-state index is 0.327. The Labute approximate surface area is 120 Å². The molecule has 0 unspecified atom stereocenters. The molecule has 2 aromatic rings. The van der Waals surface area contributed by atoms with Crippen LogP contribution in [0.25, 0.3) is 0 Å². The quantitative estimate of drug-likeness (QED) is 0.750. The van der Waals surface area contributed by atoms with E-state index in [0.29, 0.717) is 27.4 Å². The van der Waals surface area contributed by atoms with Crippen molar-refractivity contribution < 1.29 is 14.3 Å². The zero-order valence-corrected chi connectivity index (χ0v) is 11.4. The van der Waals surface area contributed by atoms with Gasteiger partial charge >= 0.3 is 11.8 Å². The van der Waals surface area contributed by atoms with E-state index in [9.17, 15) is 9.59 Å². The molecule has 1 aliphatic rings. The predicted molar refractivity (Wildman–Crippen MR) is 73.6 cm³/mol. The lowest BCUT2D eigenvalue weighted by Gasteiger charge is -2.08. The zero-order valence-electron chi connectivity index (χ0n) is 10.6. The summed E-state index contributed by atoms with van der Waals surface area (Å²) in [5.41, 5.74) is 1.91. The second-order valence-corrected chi connectivity index (χ2v) is 4.86. The Morgan fingerprint density at radius 3 is 2.45 bits per heavy atom. The number of carbonyl (C=O) groups is 2. The van der Waals surface area contributed by atoms with Gasteiger partial charge in [-0.15, -0.1) is 0 Å². The highest BCUT2D eigenvalue weighted by Crippen LogP contribution is 2.29. The highest BCUT2D eigenvalue weighted by Gasteiger charge is 2.37. The molecule has 0 spiro atoms. The Bertz CT molecular complexity index is 781. The number of benzene rings is 2. The van der Waals surface area contributed by atoms with E-state index in [0.717, 1.165) is 4.70 Å². The number of halogens is 1. The fraction of sp³-hybridized carbons (Fsp3) is 0.0667. The van der Waals surface area contributed by atoms with Crippen molar-refractivity contribution in [2.24, 2.45) is 5.11 Å². The first kappa shape index (κ1) is 12.7. The third-order valence-corrected chi connectivity index (χ3v) is 3.65. The Kier molecular flexibility index (Phi) is 2.95. The molecule has 1 heterocycles. The number of hydrogen-bond donors (Lipinski definition) is 0. The SMILES string of the molecule is Cc1c(Cl)cccc1[N+]1=NC(=O)c2ccccc2C1=O. The average molecular weight is 286 g/mol. The minimum atomic E-state index is -0.431. The van der Waals surface area contributed by atoms with Crippen LogP contribution in [0.4, 0.5) is 5.69 Å². The topological polar surface area (TPSA) is 49.5 Å². The maximum absolute atomic E-state index is 12.5. The van der Waals surface area contributed by atoms with E-state index in [1.807, 2.05) is 0 Å². The molecule has 0 N–H and O–H groups in total. The van der Waals surface area contributed by atoms with E-state index in [1.165, 1.54) is 0 Å². The maximum atomic E-state index is 12.5. The highest BCUT2D eigenvalue weighted by molar-refractivity contribution is 6.31. The normalized spacial score (nSPS) is 14.0. The molecule has 5 heteroatoms. The molecule has 0 aliphatic carbocycles. The van der Waals surface area contributed by atoms with Crippen molar-refractivity contribution in [3.8, 4) is 0 Å². The number of fused-ring (bicyclic) bond motifs is 1. The smallest absolute Gasteiger partial charge is 0.260 e. The molecule has 1 aliphatic heterocycles. The van der Waals surface area contributed by atoms with Gasteiger partial charge in [-0.3, -0.25) is 4.79 Å². The van der Waals surface area contributed by atoms with Crippen molar-refractivity contribution in [1.82, 2.24) is 0 Å². The second kappa shape index (κ2) is 4.65. The van der Waals surface area contributed by atoms with Crippen molar-refractivity contribution in [1.29, 1.82) is 0 Å². The third kappa shape index (κ3) is 1.85. The van der Waals surface area contributed by atoms with E-state index >= 15 is 0 Å². The molecule has 4 nitrogen and oxygen atoms in total. The maximum Gasteiger partial charge on any atom is 0.451 e. The van der Waals surface area contributed by atoms with Crippen LogP contribution in [-0.4, -0.2) is 16.5 Å². The molecule has 0 radical (unpaired) electrons. The lowest BCUT2D eigenvalue weighted by Crippen LogP contribution is -2.24. The van der Waals surface area contributed by atoms with Gasteiger partial charge in [-0.1, -0.05) is 29.8 Å². The minimum Gasteiger partial charge on any atom is -0.260 e. The Hall–Kier alpha value is -2.33. The largest absolute Gasteiger partial charge is 0.451 e. The lowest BCUT2D eigenvalue weighted by molar-refractivity contribution is -0.408. The summed E-state index contributed by atoms with van der Waals surface area (Å²) in [7, 11) is 0.